The monoisotopic (exact) mass is 481 g/mol. The lowest BCUT2D eigenvalue weighted by molar-refractivity contribution is 0.0544. The van der Waals surface area contributed by atoms with E-state index in [0.29, 0.717) is 21.7 Å². The summed E-state index contributed by atoms with van der Waals surface area (Å²) in [5, 5.41) is 0.842. The van der Waals surface area contributed by atoms with Gasteiger partial charge in [-0.25, -0.2) is 14.8 Å². The van der Waals surface area contributed by atoms with E-state index in [1.54, 1.807) is 12.4 Å². The molecule has 0 aliphatic heterocycles. The third-order valence-corrected chi connectivity index (χ3v) is 4.39. The molecule has 0 atom stereocenters. The summed E-state index contributed by atoms with van der Waals surface area (Å²) in [4.78, 5) is 21.4. The van der Waals surface area contributed by atoms with Crippen molar-refractivity contribution in [3.63, 3.8) is 0 Å². The largest absolute Gasteiger partial charge is 0.479 e. The quantitative estimate of drug-likeness (QED) is 0.488. The fraction of sp³-hybridized carbons (Fsp3) is 0.278. The maximum absolute atomic E-state index is 12.7. The first-order valence-corrected chi connectivity index (χ1v) is 9.39. The van der Waals surface area contributed by atoms with Crippen LogP contribution in [0.5, 0.6) is 5.88 Å². The number of ether oxygens (including phenoxy) is 2. The zero-order chi connectivity index (χ0) is 19.1. The molecular formula is C18H17Br2N3O3. The Hall–Kier alpha value is -1.93. The minimum atomic E-state index is -0.602. The number of hydrogen-bond acceptors (Lipinski definition) is 5. The van der Waals surface area contributed by atoms with Gasteiger partial charge in [-0.2, -0.15) is 0 Å². The molecule has 1 aromatic carbocycles. The average Bonchev–Trinajstić information content (AvgIpc) is 2.91. The van der Waals surface area contributed by atoms with Crippen LogP contribution in [-0.2, 0) is 4.74 Å². The maximum atomic E-state index is 12.7. The highest BCUT2D eigenvalue weighted by molar-refractivity contribution is 9.10. The molecule has 0 aliphatic carbocycles. The van der Waals surface area contributed by atoms with Gasteiger partial charge in [0.1, 0.15) is 15.9 Å². The third-order valence-electron chi connectivity index (χ3n) is 3.52. The summed E-state index contributed by atoms with van der Waals surface area (Å²) in [6, 6.07) is 5.68. The molecule has 8 heteroatoms. The summed E-state index contributed by atoms with van der Waals surface area (Å²) in [6.45, 7) is 5.49. The number of fused-ring (bicyclic) bond motifs is 1. The summed E-state index contributed by atoms with van der Waals surface area (Å²) in [7, 11) is 1.53. The van der Waals surface area contributed by atoms with E-state index in [-0.39, 0.29) is 0 Å². The lowest BCUT2D eigenvalue weighted by atomic mass is 10.1. The van der Waals surface area contributed by atoms with Gasteiger partial charge in [-0.3, -0.25) is 4.57 Å². The van der Waals surface area contributed by atoms with Crippen LogP contribution in [0.2, 0.25) is 0 Å². The first-order chi connectivity index (χ1) is 12.2. The molecule has 0 bridgehead atoms. The van der Waals surface area contributed by atoms with E-state index in [2.05, 4.69) is 41.8 Å². The number of nitrogens with zero attached hydrogens (tertiary/aromatic N) is 3. The van der Waals surface area contributed by atoms with E-state index in [1.807, 2.05) is 39.0 Å². The number of benzene rings is 1. The Kier molecular flexibility index (Phi) is 5.07. The number of halogens is 2. The molecule has 0 radical (unpaired) electrons. The number of hydrogen-bond donors (Lipinski definition) is 0. The molecule has 0 spiro atoms. The Balaban J connectivity index is 2.24. The van der Waals surface area contributed by atoms with Crippen molar-refractivity contribution in [2.45, 2.75) is 26.4 Å². The van der Waals surface area contributed by atoms with Crippen molar-refractivity contribution in [1.29, 1.82) is 0 Å². The molecule has 2 heterocycles. The number of carbonyl (C=O) groups is 1. The van der Waals surface area contributed by atoms with Crippen LogP contribution in [0.3, 0.4) is 0 Å². The van der Waals surface area contributed by atoms with Gasteiger partial charge >= 0.3 is 6.09 Å². The lowest BCUT2D eigenvalue weighted by Gasteiger charge is -2.19. The van der Waals surface area contributed by atoms with Crippen molar-refractivity contribution >= 4 is 48.9 Å². The van der Waals surface area contributed by atoms with Crippen molar-refractivity contribution in [2.75, 3.05) is 7.11 Å². The topological polar surface area (TPSA) is 66.2 Å². The average molecular weight is 483 g/mol. The number of aromatic nitrogens is 3. The summed E-state index contributed by atoms with van der Waals surface area (Å²) < 4.78 is 13.8. The second kappa shape index (κ2) is 7.00. The van der Waals surface area contributed by atoms with Crippen LogP contribution in [0, 0.1) is 0 Å². The zero-order valence-electron chi connectivity index (χ0n) is 14.7. The summed E-state index contributed by atoms with van der Waals surface area (Å²) in [6.07, 6.45) is 2.83. The Bertz CT molecular complexity index is 993. The van der Waals surface area contributed by atoms with Crippen molar-refractivity contribution in [1.82, 2.24) is 14.5 Å². The molecule has 2 aromatic heterocycles. The molecule has 0 fully saturated rings. The van der Waals surface area contributed by atoms with E-state index in [4.69, 9.17) is 9.47 Å². The van der Waals surface area contributed by atoms with Crippen molar-refractivity contribution in [3.05, 3.63) is 39.7 Å². The highest BCUT2D eigenvalue weighted by Gasteiger charge is 2.23. The fourth-order valence-corrected chi connectivity index (χ4v) is 3.14. The van der Waals surface area contributed by atoms with Gasteiger partial charge in [0, 0.05) is 21.6 Å². The predicted octanol–water partition coefficient (Wildman–Crippen LogP) is 5.42. The fourth-order valence-electron chi connectivity index (χ4n) is 2.53. The molecule has 0 unspecified atom stereocenters. The van der Waals surface area contributed by atoms with Gasteiger partial charge in [0.05, 0.1) is 18.8 Å². The number of rotatable bonds is 2. The van der Waals surface area contributed by atoms with Gasteiger partial charge < -0.3 is 9.47 Å². The number of methoxy groups -OCH3 is 1. The van der Waals surface area contributed by atoms with Crippen LogP contribution in [-0.4, -0.2) is 33.3 Å². The molecule has 0 amide bonds. The minimum Gasteiger partial charge on any atom is -0.479 e. The van der Waals surface area contributed by atoms with Gasteiger partial charge in [0.2, 0.25) is 5.88 Å². The van der Waals surface area contributed by atoms with E-state index >= 15 is 0 Å². The second-order valence-corrected chi connectivity index (χ2v) is 8.33. The van der Waals surface area contributed by atoms with Crippen LogP contribution in [0.4, 0.5) is 4.79 Å². The molecule has 6 nitrogen and oxygen atoms in total. The molecule has 0 saturated carbocycles. The van der Waals surface area contributed by atoms with Gasteiger partial charge in [-0.15, -0.1) is 0 Å². The van der Waals surface area contributed by atoms with Crippen LogP contribution in [0.15, 0.2) is 39.7 Å². The Morgan fingerprint density at radius 1 is 1.23 bits per heavy atom. The Labute approximate surface area is 167 Å². The first kappa shape index (κ1) is 18.8. The molecule has 3 rings (SSSR count). The molecule has 0 aliphatic rings. The maximum Gasteiger partial charge on any atom is 0.419 e. The predicted molar refractivity (Wildman–Crippen MR) is 107 cm³/mol. The van der Waals surface area contributed by atoms with Gasteiger partial charge in [-0.05, 0) is 48.8 Å². The van der Waals surface area contributed by atoms with Gasteiger partial charge in [-0.1, -0.05) is 22.0 Å². The van der Waals surface area contributed by atoms with Gasteiger partial charge in [0.15, 0.2) is 0 Å². The highest BCUT2D eigenvalue weighted by Crippen LogP contribution is 2.36. The third kappa shape index (κ3) is 3.76. The highest BCUT2D eigenvalue weighted by atomic mass is 79.9. The second-order valence-electron chi connectivity index (χ2n) is 6.61. The van der Waals surface area contributed by atoms with E-state index in [9.17, 15) is 4.79 Å². The van der Waals surface area contributed by atoms with E-state index < -0.39 is 11.7 Å². The minimum absolute atomic E-state index is 0.366. The zero-order valence-corrected chi connectivity index (χ0v) is 17.9. The Morgan fingerprint density at radius 2 is 1.96 bits per heavy atom. The van der Waals surface area contributed by atoms with E-state index in [1.165, 1.54) is 11.7 Å². The molecule has 3 aromatic rings. The van der Waals surface area contributed by atoms with Crippen molar-refractivity contribution < 1.29 is 14.3 Å². The standard InChI is InChI=1S/C18H17Br2N3O3/c1-18(2,3)26-17(24)23-9-12(11-6-5-10(19)7-13(11)23)15-16(25-4)22-14(20)8-21-15/h5-9H,1-4H3. The SMILES string of the molecule is COc1nc(Br)cnc1-c1cn(C(=O)OC(C)(C)C)c2cc(Br)ccc12. The van der Waals surface area contributed by atoms with Crippen LogP contribution >= 0.6 is 31.9 Å². The van der Waals surface area contributed by atoms with Gasteiger partial charge in [0.25, 0.3) is 0 Å². The summed E-state index contributed by atoms with van der Waals surface area (Å²) >= 11 is 6.75. The van der Waals surface area contributed by atoms with Crippen LogP contribution in [0.1, 0.15) is 20.8 Å². The summed E-state index contributed by atoms with van der Waals surface area (Å²) in [5.41, 5.74) is 1.38. The molecule has 0 saturated heterocycles. The van der Waals surface area contributed by atoms with E-state index in [0.717, 1.165) is 15.4 Å². The molecular weight excluding hydrogens is 466 g/mol. The normalized spacial score (nSPS) is 11.6. The summed E-state index contributed by atoms with van der Waals surface area (Å²) in [5.74, 6) is 0.366. The molecule has 0 N–H and O–H groups in total. The van der Waals surface area contributed by atoms with Crippen molar-refractivity contribution in [2.24, 2.45) is 0 Å². The first-order valence-electron chi connectivity index (χ1n) is 7.80. The lowest BCUT2D eigenvalue weighted by Crippen LogP contribution is -2.26. The van der Waals surface area contributed by atoms with Crippen molar-refractivity contribution in [3.8, 4) is 17.1 Å². The molecule has 26 heavy (non-hydrogen) atoms. The Morgan fingerprint density at radius 3 is 2.62 bits per heavy atom. The molecule has 136 valence electrons. The smallest absolute Gasteiger partial charge is 0.419 e. The van der Waals surface area contributed by atoms with Crippen LogP contribution < -0.4 is 4.74 Å². The van der Waals surface area contributed by atoms with Crippen LogP contribution in [0.25, 0.3) is 22.2 Å². The number of carbonyl (C=O) groups excluding carboxylic acids is 1.